The van der Waals surface area contributed by atoms with Gasteiger partial charge in [0, 0.05) is 56.1 Å². The average molecular weight is 375 g/mol. The van der Waals surface area contributed by atoms with Crippen LogP contribution in [0.5, 0.6) is 0 Å². The van der Waals surface area contributed by atoms with Crippen LogP contribution in [0.2, 0.25) is 0 Å². The highest BCUT2D eigenvalue weighted by Crippen LogP contribution is 2.36. The van der Waals surface area contributed by atoms with Crippen molar-refractivity contribution >= 4 is 5.95 Å². The second kappa shape index (κ2) is 8.41. The molecule has 3 aliphatic rings. The van der Waals surface area contributed by atoms with Gasteiger partial charge in [-0.3, -0.25) is 0 Å². The van der Waals surface area contributed by atoms with Crippen LogP contribution in [-0.2, 0) is 0 Å². The molecule has 3 heterocycles. The quantitative estimate of drug-likeness (QED) is 0.791. The van der Waals surface area contributed by atoms with E-state index < -0.39 is 0 Å². The van der Waals surface area contributed by atoms with Crippen LogP contribution >= 0.6 is 0 Å². The van der Waals surface area contributed by atoms with Crippen molar-refractivity contribution in [2.75, 3.05) is 50.8 Å². The molecule has 0 radical (unpaired) electrons. The Morgan fingerprint density at radius 3 is 2.37 bits per heavy atom. The summed E-state index contributed by atoms with van der Waals surface area (Å²) in [6.07, 6.45) is 5.99. The summed E-state index contributed by atoms with van der Waals surface area (Å²) in [6, 6.07) is 2.15. The maximum atomic E-state index is 9.94. The number of aliphatic hydroxyl groups excluding tert-OH is 2. The van der Waals surface area contributed by atoms with Crippen molar-refractivity contribution in [2.45, 2.75) is 44.9 Å². The van der Waals surface area contributed by atoms with E-state index >= 15 is 0 Å². The van der Waals surface area contributed by atoms with Crippen molar-refractivity contribution in [1.82, 2.24) is 14.9 Å². The fourth-order valence-corrected chi connectivity index (χ4v) is 4.83. The zero-order valence-corrected chi connectivity index (χ0v) is 16.6. The van der Waals surface area contributed by atoms with E-state index in [-0.39, 0.29) is 12.5 Å². The molecule has 6 heteroatoms. The van der Waals surface area contributed by atoms with E-state index in [0.29, 0.717) is 24.4 Å². The van der Waals surface area contributed by atoms with Gasteiger partial charge in [-0.2, -0.15) is 0 Å². The van der Waals surface area contributed by atoms with E-state index in [1.54, 1.807) is 0 Å². The van der Waals surface area contributed by atoms with E-state index in [0.717, 1.165) is 57.2 Å². The molecule has 3 fully saturated rings. The van der Waals surface area contributed by atoms with Crippen LogP contribution in [0.4, 0.5) is 5.95 Å². The Balaban J connectivity index is 1.41. The van der Waals surface area contributed by atoms with Crippen LogP contribution in [0.3, 0.4) is 0 Å². The highest BCUT2D eigenvalue weighted by atomic mass is 16.3. The molecule has 1 saturated carbocycles. The van der Waals surface area contributed by atoms with Crippen molar-refractivity contribution < 1.29 is 10.2 Å². The zero-order valence-electron chi connectivity index (χ0n) is 16.6. The van der Waals surface area contributed by atoms with Gasteiger partial charge in [0.25, 0.3) is 0 Å². The lowest BCUT2D eigenvalue weighted by Gasteiger charge is -2.33. The Morgan fingerprint density at radius 2 is 1.74 bits per heavy atom. The van der Waals surface area contributed by atoms with Crippen LogP contribution in [0.15, 0.2) is 6.07 Å². The number of hydrogen-bond donors (Lipinski definition) is 2. The molecule has 2 atom stereocenters. The minimum atomic E-state index is 0.232. The summed E-state index contributed by atoms with van der Waals surface area (Å²) in [5, 5.41) is 19.3. The van der Waals surface area contributed by atoms with E-state index in [9.17, 15) is 10.2 Å². The lowest BCUT2D eigenvalue weighted by Crippen LogP contribution is -2.40. The Bertz CT molecular complexity index is 629. The first-order chi connectivity index (χ1) is 13.2. The molecule has 4 rings (SSSR count). The smallest absolute Gasteiger partial charge is 0.225 e. The molecule has 1 aliphatic carbocycles. The molecular weight excluding hydrogens is 340 g/mol. The van der Waals surface area contributed by atoms with Crippen LogP contribution < -0.4 is 4.90 Å². The molecule has 150 valence electrons. The lowest BCUT2D eigenvalue weighted by atomic mass is 9.83. The molecule has 6 nitrogen and oxygen atoms in total. The predicted molar refractivity (Wildman–Crippen MR) is 106 cm³/mol. The maximum absolute atomic E-state index is 9.94. The molecule has 1 aromatic rings. The minimum Gasteiger partial charge on any atom is -0.396 e. The Labute approximate surface area is 162 Å². The first kappa shape index (κ1) is 19.1. The number of aryl methyl sites for hydroxylation is 1. The van der Waals surface area contributed by atoms with Crippen molar-refractivity contribution in [3.05, 3.63) is 17.5 Å². The summed E-state index contributed by atoms with van der Waals surface area (Å²) >= 11 is 0. The number of aliphatic hydroxyl groups is 2. The van der Waals surface area contributed by atoms with Gasteiger partial charge in [0.15, 0.2) is 0 Å². The standard InChI is InChI=1S/C21H34N4O2/c1-15-9-20(17-3-2-4-17)23-21(22-15)25-11-18(19(12-25)14-27)10-24-7-5-16(13-26)6-8-24/h9,16-19,26-27H,2-8,10-14H2,1H3/t18-,19-/m0/s1. The van der Waals surface area contributed by atoms with Gasteiger partial charge in [-0.05, 0) is 63.6 Å². The van der Waals surface area contributed by atoms with E-state index in [2.05, 4.69) is 22.8 Å². The molecule has 0 bridgehead atoms. The second-order valence-electron chi connectivity index (χ2n) is 8.90. The molecule has 0 aromatic carbocycles. The molecule has 1 aromatic heterocycles. The normalized spacial score (nSPS) is 27.9. The third kappa shape index (κ3) is 4.28. The van der Waals surface area contributed by atoms with Gasteiger partial charge in [-0.25, -0.2) is 9.97 Å². The van der Waals surface area contributed by atoms with Crippen molar-refractivity contribution in [3.8, 4) is 0 Å². The van der Waals surface area contributed by atoms with E-state index in [1.165, 1.54) is 25.0 Å². The summed E-state index contributed by atoms with van der Waals surface area (Å²) < 4.78 is 0. The van der Waals surface area contributed by atoms with Crippen molar-refractivity contribution in [1.29, 1.82) is 0 Å². The number of hydrogen-bond acceptors (Lipinski definition) is 6. The maximum Gasteiger partial charge on any atom is 0.225 e. The number of nitrogens with zero attached hydrogens (tertiary/aromatic N) is 4. The summed E-state index contributed by atoms with van der Waals surface area (Å²) in [7, 11) is 0. The molecule has 2 saturated heterocycles. The van der Waals surface area contributed by atoms with Crippen LogP contribution in [0, 0.1) is 24.7 Å². The third-order valence-electron chi connectivity index (χ3n) is 6.94. The largest absolute Gasteiger partial charge is 0.396 e. The fourth-order valence-electron chi connectivity index (χ4n) is 4.83. The van der Waals surface area contributed by atoms with E-state index in [1.807, 2.05) is 0 Å². The first-order valence-electron chi connectivity index (χ1n) is 10.7. The number of anilines is 1. The van der Waals surface area contributed by atoms with Crippen molar-refractivity contribution in [2.24, 2.45) is 17.8 Å². The van der Waals surface area contributed by atoms with Gasteiger partial charge in [-0.1, -0.05) is 6.42 Å². The molecule has 2 aliphatic heterocycles. The molecule has 0 spiro atoms. The van der Waals surface area contributed by atoms with Gasteiger partial charge in [0.05, 0.1) is 0 Å². The van der Waals surface area contributed by atoms with Gasteiger partial charge >= 0.3 is 0 Å². The summed E-state index contributed by atoms with van der Waals surface area (Å²) in [5.41, 5.74) is 2.26. The van der Waals surface area contributed by atoms with Crippen LogP contribution in [0.1, 0.15) is 49.4 Å². The molecule has 2 N–H and O–H groups in total. The number of likely N-dealkylation sites (tertiary alicyclic amines) is 1. The van der Waals surface area contributed by atoms with Crippen LogP contribution in [0.25, 0.3) is 0 Å². The Hall–Kier alpha value is -1.24. The van der Waals surface area contributed by atoms with Crippen molar-refractivity contribution in [3.63, 3.8) is 0 Å². The molecule has 27 heavy (non-hydrogen) atoms. The topological polar surface area (TPSA) is 72.7 Å². The molecular formula is C21H34N4O2. The lowest BCUT2D eigenvalue weighted by molar-refractivity contribution is 0.106. The van der Waals surface area contributed by atoms with Gasteiger partial charge in [0.1, 0.15) is 0 Å². The Kier molecular flexibility index (Phi) is 5.95. The second-order valence-corrected chi connectivity index (χ2v) is 8.90. The highest BCUT2D eigenvalue weighted by Gasteiger charge is 2.36. The van der Waals surface area contributed by atoms with Crippen LogP contribution in [-0.4, -0.2) is 71.0 Å². The highest BCUT2D eigenvalue weighted by molar-refractivity contribution is 5.36. The predicted octanol–water partition coefficient (Wildman–Crippen LogP) is 1.80. The summed E-state index contributed by atoms with van der Waals surface area (Å²) in [6.45, 7) is 7.55. The third-order valence-corrected chi connectivity index (χ3v) is 6.94. The Morgan fingerprint density at radius 1 is 1.00 bits per heavy atom. The number of aromatic nitrogens is 2. The van der Waals surface area contributed by atoms with E-state index in [4.69, 9.17) is 9.97 Å². The van der Waals surface area contributed by atoms with Gasteiger partial charge < -0.3 is 20.0 Å². The molecule has 0 amide bonds. The number of rotatable bonds is 6. The summed E-state index contributed by atoms with van der Waals surface area (Å²) in [5.74, 6) is 2.69. The fraction of sp³-hybridized carbons (Fsp3) is 0.810. The zero-order chi connectivity index (χ0) is 18.8. The first-order valence-corrected chi connectivity index (χ1v) is 10.7. The van der Waals surface area contributed by atoms with Gasteiger partial charge in [-0.15, -0.1) is 0 Å². The average Bonchev–Trinajstić information content (AvgIpc) is 3.03. The van der Waals surface area contributed by atoms with Gasteiger partial charge in [0.2, 0.25) is 5.95 Å². The SMILES string of the molecule is Cc1cc(C2CCC2)nc(N2C[C@@H](CO)[C@@H](CN3CCC(CO)CC3)C2)n1. The minimum absolute atomic E-state index is 0.232. The monoisotopic (exact) mass is 374 g/mol. The number of piperidine rings is 1. The molecule has 0 unspecified atom stereocenters. The summed E-state index contributed by atoms with van der Waals surface area (Å²) in [4.78, 5) is 14.4.